The number of carbonyl (C=O) groups excluding carboxylic acids is 1. The molecule has 0 radical (unpaired) electrons. The summed E-state index contributed by atoms with van der Waals surface area (Å²) in [7, 11) is 0. The third-order valence-electron chi connectivity index (χ3n) is 2.99. The molecule has 0 saturated carbocycles. The Bertz CT molecular complexity index is 594. The third kappa shape index (κ3) is 3.89. The Balaban J connectivity index is 1.86. The fraction of sp³-hybridized carbons (Fsp3) is 0.267. The molecule has 2 heterocycles. The summed E-state index contributed by atoms with van der Waals surface area (Å²) in [4.78, 5) is 14.3. The van der Waals surface area contributed by atoms with Crippen LogP contribution >= 0.6 is 22.9 Å². The van der Waals surface area contributed by atoms with Crippen molar-refractivity contribution < 1.29 is 9.53 Å². The van der Waals surface area contributed by atoms with Gasteiger partial charge < -0.3 is 10.1 Å². The molecule has 21 heavy (non-hydrogen) atoms. The Hall–Kier alpha value is -1.72. The molecule has 0 aromatic carbocycles. The smallest absolute Gasteiger partial charge is 0.414 e. The molecule has 0 unspecified atom stereocenters. The van der Waals surface area contributed by atoms with E-state index < -0.39 is 0 Å². The third-order valence-corrected chi connectivity index (χ3v) is 4.28. The molecule has 1 saturated heterocycles. The zero-order valence-electron chi connectivity index (χ0n) is 11.8. The minimum Gasteiger partial charge on any atom is -0.442 e. The molecule has 0 bridgehead atoms. The molecule has 1 atom stereocenters. The van der Waals surface area contributed by atoms with Gasteiger partial charge in [-0.05, 0) is 25.1 Å². The van der Waals surface area contributed by atoms with E-state index in [9.17, 15) is 4.79 Å². The molecule has 1 aromatic rings. The summed E-state index contributed by atoms with van der Waals surface area (Å²) in [5, 5.41) is 3.17. The molecule has 1 N–H and O–H groups in total. The van der Waals surface area contributed by atoms with Crippen molar-refractivity contribution in [3.05, 3.63) is 52.4 Å². The lowest BCUT2D eigenvalue weighted by molar-refractivity contribution is 0.136. The number of carbonyl (C=O) groups is 1. The first-order valence-electron chi connectivity index (χ1n) is 6.49. The minimum atomic E-state index is -0.366. The van der Waals surface area contributed by atoms with Gasteiger partial charge in [0.05, 0.1) is 22.3 Å². The molecule has 6 heteroatoms. The number of hydrogen-bond acceptors (Lipinski definition) is 4. The van der Waals surface area contributed by atoms with Crippen LogP contribution in [0.3, 0.4) is 0 Å². The van der Waals surface area contributed by atoms with Gasteiger partial charge in [-0.2, -0.15) is 0 Å². The molecule has 112 valence electrons. The Morgan fingerprint density at radius 2 is 2.38 bits per heavy atom. The van der Waals surface area contributed by atoms with Crippen molar-refractivity contribution in [3.63, 3.8) is 0 Å². The zero-order valence-corrected chi connectivity index (χ0v) is 13.3. The minimum absolute atomic E-state index is 0.230. The molecule has 1 fully saturated rings. The largest absolute Gasteiger partial charge is 0.442 e. The summed E-state index contributed by atoms with van der Waals surface area (Å²) >= 11 is 7.34. The molecule has 2 rings (SSSR count). The van der Waals surface area contributed by atoms with Gasteiger partial charge in [-0.25, -0.2) is 4.79 Å². The normalized spacial score (nSPS) is 18.1. The van der Waals surface area contributed by atoms with Crippen molar-refractivity contribution in [3.8, 4) is 0 Å². The number of halogens is 1. The number of nitrogens with one attached hydrogen (secondary N) is 1. The summed E-state index contributed by atoms with van der Waals surface area (Å²) in [6.45, 7) is 10.7. The Labute approximate surface area is 133 Å². The lowest BCUT2D eigenvalue weighted by Crippen LogP contribution is -2.29. The second kappa shape index (κ2) is 6.83. The van der Waals surface area contributed by atoms with E-state index in [-0.39, 0.29) is 12.2 Å². The van der Waals surface area contributed by atoms with Crippen LogP contribution in [0.15, 0.2) is 43.1 Å². The van der Waals surface area contributed by atoms with E-state index in [0.717, 1.165) is 10.6 Å². The van der Waals surface area contributed by atoms with Crippen LogP contribution in [-0.2, 0) is 4.74 Å². The Morgan fingerprint density at radius 1 is 1.62 bits per heavy atom. The summed E-state index contributed by atoms with van der Waals surface area (Å²) in [6, 6.07) is 3.73. The summed E-state index contributed by atoms with van der Waals surface area (Å²) in [5.74, 6) is 0. The molecule has 0 aliphatic carbocycles. The molecular formula is C15H17ClN2O2S. The lowest BCUT2D eigenvalue weighted by atomic mass is 10.3. The van der Waals surface area contributed by atoms with Crippen molar-refractivity contribution in [2.24, 2.45) is 0 Å². The van der Waals surface area contributed by atoms with Crippen molar-refractivity contribution >= 4 is 34.7 Å². The van der Waals surface area contributed by atoms with Gasteiger partial charge >= 0.3 is 6.09 Å². The average Bonchev–Trinajstić information content (AvgIpc) is 3.02. The summed E-state index contributed by atoms with van der Waals surface area (Å²) in [6.07, 6.45) is 3.02. The highest BCUT2D eigenvalue weighted by Crippen LogP contribution is 2.25. The van der Waals surface area contributed by atoms with E-state index in [1.165, 1.54) is 16.2 Å². The Morgan fingerprint density at radius 3 is 3.00 bits per heavy atom. The number of nitrogens with zero attached hydrogens (tertiary/aromatic N) is 1. The number of ether oxygens (including phenoxy) is 1. The molecule has 1 amide bonds. The van der Waals surface area contributed by atoms with Crippen LogP contribution in [0.2, 0.25) is 4.34 Å². The van der Waals surface area contributed by atoms with Gasteiger partial charge in [0.1, 0.15) is 6.10 Å². The number of amides is 1. The number of hydrogen-bond donors (Lipinski definition) is 1. The molecule has 1 aromatic heterocycles. The van der Waals surface area contributed by atoms with E-state index in [4.69, 9.17) is 16.3 Å². The van der Waals surface area contributed by atoms with Gasteiger partial charge in [0.2, 0.25) is 0 Å². The number of allylic oxidation sites excluding steroid dienone is 2. The van der Waals surface area contributed by atoms with Gasteiger partial charge in [0, 0.05) is 11.4 Å². The predicted octanol–water partition coefficient (Wildman–Crippen LogP) is 3.87. The highest BCUT2D eigenvalue weighted by molar-refractivity contribution is 7.17. The molecule has 0 spiro atoms. The quantitative estimate of drug-likeness (QED) is 0.808. The first-order valence-corrected chi connectivity index (χ1v) is 7.69. The van der Waals surface area contributed by atoms with Gasteiger partial charge in [-0.15, -0.1) is 11.3 Å². The van der Waals surface area contributed by atoms with Gasteiger partial charge in [0.15, 0.2) is 0 Å². The molecular weight excluding hydrogens is 308 g/mol. The summed E-state index contributed by atoms with van der Waals surface area (Å²) < 4.78 is 6.02. The van der Waals surface area contributed by atoms with Crippen molar-refractivity contribution in [1.29, 1.82) is 0 Å². The maximum absolute atomic E-state index is 11.8. The lowest BCUT2D eigenvalue weighted by Gasteiger charge is -2.13. The number of cyclic esters (lactones) is 1. The highest BCUT2D eigenvalue weighted by atomic mass is 35.5. The van der Waals surface area contributed by atoms with Crippen LogP contribution in [0.4, 0.5) is 4.79 Å². The van der Waals surface area contributed by atoms with Gasteiger partial charge in [0.25, 0.3) is 0 Å². The maximum Gasteiger partial charge on any atom is 0.414 e. The predicted molar refractivity (Wildman–Crippen MR) is 87.3 cm³/mol. The Kier molecular flexibility index (Phi) is 5.09. The van der Waals surface area contributed by atoms with E-state index >= 15 is 0 Å². The monoisotopic (exact) mass is 324 g/mol. The SMILES string of the molecule is C=C(NC[C@H]1CN(C(=C)/C=C\C)C(=O)O1)c1ccc(Cl)s1. The fourth-order valence-electron chi connectivity index (χ4n) is 1.95. The van der Waals surface area contributed by atoms with Gasteiger partial charge in [-0.1, -0.05) is 30.8 Å². The van der Waals surface area contributed by atoms with Crippen LogP contribution in [0.1, 0.15) is 11.8 Å². The summed E-state index contributed by atoms with van der Waals surface area (Å²) in [5.41, 5.74) is 1.41. The van der Waals surface area contributed by atoms with Crippen molar-refractivity contribution in [2.45, 2.75) is 13.0 Å². The second-order valence-corrected chi connectivity index (χ2v) is 6.29. The van der Waals surface area contributed by atoms with E-state index in [0.29, 0.717) is 23.1 Å². The molecule has 1 aliphatic rings. The highest BCUT2D eigenvalue weighted by Gasteiger charge is 2.32. The number of thiophene rings is 1. The van der Waals surface area contributed by atoms with E-state index in [1.54, 1.807) is 6.08 Å². The van der Waals surface area contributed by atoms with Crippen LogP contribution < -0.4 is 5.32 Å². The first kappa shape index (κ1) is 15.7. The van der Waals surface area contributed by atoms with Gasteiger partial charge in [-0.3, -0.25) is 4.90 Å². The van der Waals surface area contributed by atoms with Crippen LogP contribution in [-0.4, -0.2) is 30.2 Å². The average molecular weight is 325 g/mol. The standard InChI is InChI=1S/C15H17ClN2O2S/c1-4-5-10(2)18-9-12(20-15(18)19)8-17-11(3)13-6-7-14(16)21-13/h4-7,12,17H,2-3,8-9H2,1H3/b5-4-/t12-/m0/s1. The van der Waals surface area contributed by atoms with Crippen LogP contribution in [0.5, 0.6) is 0 Å². The second-order valence-electron chi connectivity index (χ2n) is 4.57. The fourth-order valence-corrected chi connectivity index (χ4v) is 2.94. The zero-order chi connectivity index (χ0) is 15.4. The topological polar surface area (TPSA) is 41.6 Å². The molecule has 4 nitrogen and oxygen atoms in total. The van der Waals surface area contributed by atoms with E-state index in [2.05, 4.69) is 18.5 Å². The number of rotatable bonds is 6. The van der Waals surface area contributed by atoms with Crippen LogP contribution in [0.25, 0.3) is 5.70 Å². The van der Waals surface area contributed by atoms with E-state index in [1.807, 2.05) is 25.1 Å². The van der Waals surface area contributed by atoms with Crippen molar-refractivity contribution in [1.82, 2.24) is 10.2 Å². The van der Waals surface area contributed by atoms with Crippen LogP contribution in [0, 0.1) is 0 Å². The maximum atomic E-state index is 11.8. The van der Waals surface area contributed by atoms with Crippen molar-refractivity contribution in [2.75, 3.05) is 13.1 Å². The molecule has 1 aliphatic heterocycles. The first-order chi connectivity index (χ1) is 10.0.